The molecule has 1 fully saturated rings. The standard InChI is InChI=1S/C40H48N6O7S/c1-44(45(2)40(50)53-26-34-31-12-6-4-10-29(31)30-11-5-7-13-32(30)34)25-28-23-27-9-3-8-14-35(27)46(28)36-24-37(47)41-16-17-42-39(54)43-18-20-52-22-21-51-19-15-33(36)38(48)49/h3-14,23,33-34,36H,15-22,24-26H2,1-2H3,(H,41,47)(H,48,49)(H2,42,43,54). The fourth-order valence-corrected chi connectivity index (χ4v) is 7.48. The van der Waals surface area contributed by atoms with Gasteiger partial charge in [-0.05, 0) is 58.4 Å². The molecule has 1 aliphatic heterocycles. The van der Waals surface area contributed by atoms with E-state index in [0.717, 1.165) is 38.9 Å². The molecule has 2 unspecified atom stereocenters. The number of fused-ring (bicyclic) bond motifs is 4. The highest BCUT2D eigenvalue weighted by molar-refractivity contribution is 7.80. The van der Waals surface area contributed by atoms with Crippen molar-refractivity contribution in [2.24, 2.45) is 5.92 Å². The first-order valence-electron chi connectivity index (χ1n) is 18.3. The lowest BCUT2D eigenvalue weighted by Gasteiger charge is -2.31. The first-order valence-corrected chi connectivity index (χ1v) is 18.7. The van der Waals surface area contributed by atoms with Crippen LogP contribution in [0.1, 0.15) is 41.6 Å². The molecular formula is C40H48N6O7S. The number of carboxylic acids is 1. The summed E-state index contributed by atoms with van der Waals surface area (Å²) in [5.74, 6) is -2.38. The topological polar surface area (TPSA) is 147 Å². The van der Waals surface area contributed by atoms with Crippen LogP contribution in [0.2, 0.25) is 0 Å². The molecular weight excluding hydrogens is 709 g/mol. The van der Waals surface area contributed by atoms with Gasteiger partial charge in [0, 0.05) is 63.9 Å². The van der Waals surface area contributed by atoms with Crippen molar-refractivity contribution < 1.29 is 33.7 Å². The Kier molecular flexibility index (Phi) is 13.1. The number of aromatic nitrogens is 1. The van der Waals surface area contributed by atoms with Crippen LogP contribution in [0.3, 0.4) is 0 Å². The molecule has 13 nitrogen and oxygen atoms in total. The van der Waals surface area contributed by atoms with Gasteiger partial charge in [0.1, 0.15) is 6.61 Å². The van der Waals surface area contributed by atoms with Gasteiger partial charge < -0.3 is 39.8 Å². The highest BCUT2D eigenvalue weighted by atomic mass is 32.1. The molecule has 2 amide bonds. The number of hydrogen-bond acceptors (Lipinski definition) is 8. The largest absolute Gasteiger partial charge is 0.481 e. The molecule has 6 rings (SSSR count). The van der Waals surface area contributed by atoms with E-state index >= 15 is 0 Å². The molecule has 14 heteroatoms. The van der Waals surface area contributed by atoms with Gasteiger partial charge in [0.05, 0.1) is 38.3 Å². The van der Waals surface area contributed by atoms with Crippen LogP contribution in [0.15, 0.2) is 78.9 Å². The Morgan fingerprint density at radius 3 is 2.22 bits per heavy atom. The number of benzene rings is 3. The SMILES string of the molecule is CN(Cc1cc2ccccc2n1C1CC(=O)NCCNC(=S)NCCOCCOCCC1C(=O)O)N(C)C(=O)OCC1c2ccccc2-c2ccccc21. The third kappa shape index (κ3) is 9.19. The maximum Gasteiger partial charge on any atom is 0.424 e. The first kappa shape index (κ1) is 38.7. The van der Waals surface area contributed by atoms with Crippen LogP contribution in [0.4, 0.5) is 4.79 Å². The highest BCUT2D eigenvalue weighted by Gasteiger charge is 2.34. The van der Waals surface area contributed by atoms with E-state index in [1.165, 1.54) is 5.01 Å². The summed E-state index contributed by atoms with van der Waals surface area (Å²) in [6.07, 6.45) is -0.447. The minimum atomic E-state index is -1.03. The quantitative estimate of drug-likeness (QED) is 0.156. The van der Waals surface area contributed by atoms with E-state index in [1.54, 1.807) is 19.1 Å². The number of para-hydroxylation sites is 1. The zero-order chi connectivity index (χ0) is 38.0. The lowest BCUT2D eigenvalue weighted by atomic mass is 9.92. The monoisotopic (exact) mass is 756 g/mol. The van der Waals surface area contributed by atoms with E-state index in [1.807, 2.05) is 59.2 Å². The molecule has 0 saturated carbocycles. The summed E-state index contributed by atoms with van der Waals surface area (Å²) in [4.78, 5) is 40.1. The molecule has 0 spiro atoms. The van der Waals surface area contributed by atoms with Crippen molar-refractivity contribution in [3.05, 3.63) is 95.7 Å². The smallest absolute Gasteiger partial charge is 0.424 e. The third-order valence-corrected chi connectivity index (χ3v) is 10.3. The number of carboxylic acid groups (broad SMARTS) is 1. The van der Waals surface area contributed by atoms with Crippen LogP contribution in [-0.2, 0) is 30.3 Å². The van der Waals surface area contributed by atoms with Gasteiger partial charge in [-0.25, -0.2) is 14.8 Å². The van der Waals surface area contributed by atoms with Gasteiger partial charge in [-0.15, -0.1) is 0 Å². The second-order valence-corrected chi connectivity index (χ2v) is 13.9. The molecule has 2 aliphatic rings. The van der Waals surface area contributed by atoms with E-state index in [4.69, 9.17) is 26.4 Å². The molecule has 4 N–H and O–H groups in total. The molecule has 1 aliphatic carbocycles. The van der Waals surface area contributed by atoms with E-state index in [9.17, 15) is 19.5 Å². The Balaban J connectivity index is 1.22. The van der Waals surface area contributed by atoms with Gasteiger partial charge in [-0.1, -0.05) is 66.7 Å². The minimum absolute atomic E-state index is 0.0835. The molecule has 54 heavy (non-hydrogen) atoms. The number of nitrogens with one attached hydrogen (secondary N) is 3. The van der Waals surface area contributed by atoms with Crippen LogP contribution < -0.4 is 16.0 Å². The number of carbonyl (C=O) groups is 3. The number of amides is 2. The summed E-state index contributed by atoms with van der Waals surface area (Å²) >= 11 is 5.31. The summed E-state index contributed by atoms with van der Waals surface area (Å²) in [5, 5.41) is 24.1. The second-order valence-electron chi connectivity index (χ2n) is 13.5. The molecule has 1 saturated heterocycles. The molecule has 286 valence electrons. The Morgan fingerprint density at radius 2 is 1.50 bits per heavy atom. The fourth-order valence-electron chi connectivity index (χ4n) is 7.28. The predicted molar refractivity (Wildman–Crippen MR) is 209 cm³/mol. The van der Waals surface area contributed by atoms with Crippen molar-refractivity contribution in [1.82, 2.24) is 30.5 Å². The number of carbonyl (C=O) groups excluding carboxylic acids is 2. The maximum atomic E-state index is 13.6. The van der Waals surface area contributed by atoms with Crippen molar-refractivity contribution in [1.29, 1.82) is 0 Å². The van der Waals surface area contributed by atoms with Gasteiger partial charge in [-0.3, -0.25) is 9.59 Å². The molecule has 4 aromatic rings. The number of hydrogen-bond donors (Lipinski definition) is 4. The Morgan fingerprint density at radius 1 is 0.870 bits per heavy atom. The number of thiocarbonyl (C=S) groups is 1. The summed E-state index contributed by atoms with van der Waals surface area (Å²) in [5.41, 5.74) is 6.06. The van der Waals surface area contributed by atoms with Crippen LogP contribution in [-0.4, -0.2) is 110 Å². The summed E-state index contributed by atoms with van der Waals surface area (Å²) in [6, 6.07) is 25.2. The van der Waals surface area contributed by atoms with E-state index in [2.05, 4.69) is 40.2 Å². The summed E-state index contributed by atoms with van der Waals surface area (Å²) in [6.45, 7) is 2.84. The third-order valence-electron chi connectivity index (χ3n) is 10.0. The molecule has 2 heterocycles. The van der Waals surface area contributed by atoms with E-state index in [-0.39, 0.29) is 51.0 Å². The maximum absolute atomic E-state index is 13.6. The average molecular weight is 757 g/mol. The number of hydrazine groups is 1. The van der Waals surface area contributed by atoms with E-state index in [0.29, 0.717) is 38.0 Å². The van der Waals surface area contributed by atoms with Gasteiger partial charge in [-0.2, -0.15) is 0 Å². The number of rotatable bonds is 7. The summed E-state index contributed by atoms with van der Waals surface area (Å²) in [7, 11) is 3.42. The Hall–Kier alpha value is -5.02. The fraction of sp³-hybridized carbons (Fsp3) is 0.400. The Bertz CT molecular complexity index is 1910. The summed E-state index contributed by atoms with van der Waals surface area (Å²) < 4.78 is 19.3. The van der Waals surface area contributed by atoms with Crippen LogP contribution in [0, 0.1) is 5.92 Å². The van der Waals surface area contributed by atoms with Gasteiger partial charge >= 0.3 is 12.1 Å². The van der Waals surface area contributed by atoms with Crippen molar-refractivity contribution in [2.45, 2.75) is 31.3 Å². The number of ether oxygens (including phenoxy) is 3. The molecule has 2 atom stereocenters. The van der Waals surface area contributed by atoms with Gasteiger partial charge in [0.25, 0.3) is 0 Å². The van der Waals surface area contributed by atoms with Gasteiger partial charge in [0.15, 0.2) is 5.11 Å². The van der Waals surface area contributed by atoms with Crippen molar-refractivity contribution in [3.63, 3.8) is 0 Å². The molecule has 1 aromatic heterocycles. The lowest BCUT2D eigenvalue weighted by molar-refractivity contribution is -0.144. The normalized spacial score (nSPS) is 19.1. The number of aliphatic carboxylic acids is 1. The number of nitrogens with zero attached hydrogens (tertiary/aromatic N) is 3. The van der Waals surface area contributed by atoms with Crippen molar-refractivity contribution in [2.75, 3.05) is 66.8 Å². The zero-order valence-electron chi connectivity index (χ0n) is 30.7. The zero-order valence-corrected chi connectivity index (χ0v) is 31.5. The minimum Gasteiger partial charge on any atom is -0.481 e. The van der Waals surface area contributed by atoms with E-state index < -0.39 is 24.0 Å². The predicted octanol–water partition coefficient (Wildman–Crippen LogP) is 4.52. The van der Waals surface area contributed by atoms with Crippen LogP contribution in [0.5, 0.6) is 0 Å². The molecule has 0 radical (unpaired) electrons. The molecule has 0 bridgehead atoms. The average Bonchev–Trinajstić information content (AvgIpc) is 3.69. The van der Waals surface area contributed by atoms with Crippen molar-refractivity contribution in [3.8, 4) is 11.1 Å². The Labute approximate surface area is 320 Å². The highest BCUT2D eigenvalue weighted by Crippen LogP contribution is 2.44. The van der Waals surface area contributed by atoms with Crippen LogP contribution in [0.25, 0.3) is 22.0 Å². The van der Waals surface area contributed by atoms with Crippen LogP contribution >= 0.6 is 12.2 Å². The second kappa shape index (κ2) is 18.3. The van der Waals surface area contributed by atoms with Gasteiger partial charge in [0.2, 0.25) is 5.91 Å². The molecule has 3 aromatic carbocycles. The lowest BCUT2D eigenvalue weighted by Crippen LogP contribution is -2.43. The first-order chi connectivity index (χ1) is 26.2. The van der Waals surface area contributed by atoms with Crippen molar-refractivity contribution >= 4 is 46.2 Å².